The van der Waals surface area contributed by atoms with E-state index < -0.39 is 0 Å². The molecule has 62 valence electrons. The molecule has 2 atom stereocenters. The van der Waals surface area contributed by atoms with Crippen molar-refractivity contribution < 1.29 is 4.79 Å². The first-order valence-corrected chi connectivity index (χ1v) is 5.26. The zero-order chi connectivity index (χ0) is 7.84. The summed E-state index contributed by atoms with van der Waals surface area (Å²) in [4.78, 5) is 13.5. The Morgan fingerprint density at radius 3 is 3.18 bits per heavy atom. The van der Waals surface area contributed by atoms with Crippen molar-refractivity contribution in [1.29, 1.82) is 0 Å². The average Bonchev–Trinajstić information content (AvgIpc) is 2.34. The Hall–Kier alpha value is -0.180. The third-order valence-electron chi connectivity index (χ3n) is 2.44. The van der Waals surface area contributed by atoms with E-state index in [1.165, 1.54) is 6.42 Å². The van der Waals surface area contributed by atoms with E-state index in [0.717, 1.165) is 18.6 Å². The first kappa shape index (κ1) is 7.47. The molecule has 2 rings (SSSR count). The molecule has 2 aliphatic rings. The summed E-state index contributed by atoms with van der Waals surface area (Å²) in [5.41, 5.74) is 0. The van der Waals surface area contributed by atoms with E-state index in [2.05, 4.69) is 11.8 Å². The van der Waals surface area contributed by atoms with E-state index in [1.54, 1.807) is 0 Å². The zero-order valence-electron chi connectivity index (χ0n) is 6.75. The molecule has 2 aliphatic heterocycles. The number of piperidine rings is 1. The highest BCUT2D eigenvalue weighted by Crippen LogP contribution is 2.35. The van der Waals surface area contributed by atoms with E-state index in [1.807, 2.05) is 11.8 Å². The van der Waals surface area contributed by atoms with Gasteiger partial charge in [-0.3, -0.25) is 4.79 Å². The maximum Gasteiger partial charge on any atom is 0.223 e. The average molecular weight is 171 g/mol. The summed E-state index contributed by atoms with van der Waals surface area (Å²) in [6.45, 7) is 2.15. The number of amides is 1. The van der Waals surface area contributed by atoms with E-state index in [9.17, 15) is 4.79 Å². The van der Waals surface area contributed by atoms with Crippen molar-refractivity contribution in [3.05, 3.63) is 0 Å². The van der Waals surface area contributed by atoms with Gasteiger partial charge in [-0.15, -0.1) is 11.8 Å². The molecule has 0 radical (unpaired) electrons. The van der Waals surface area contributed by atoms with Crippen LogP contribution in [0.1, 0.15) is 26.2 Å². The van der Waals surface area contributed by atoms with Gasteiger partial charge in [0.05, 0.1) is 5.37 Å². The first-order valence-electron chi connectivity index (χ1n) is 4.22. The molecule has 2 nitrogen and oxygen atoms in total. The molecule has 2 fully saturated rings. The molecule has 0 aromatic rings. The van der Waals surface area contributed by atoms with Crippen LogP contribution in [0.25, 0.3) is 0 Å². The standard InChI is InChI=1S/C8H13NOS/c1-6-5-11-8-4-2-3-7(10)9(6)8/h6,8H,2-5H2,1H3. The molecule has 0 saturated carbocycles. The number of fused-ring (bicyclic) bond motifs is 1. The number of carbonyl (C=O) groups is 1. The van der Waals surface area contributed by atoms with Crippen LogP contribution >= 0.6 is 11.8 Å². The highest BCUT2D eigenvalue weighted by atomic mass is 32.2. The number of hydrogen-bond donors (Lipinski definition) is 0. The number of thioether (sulfide) groups is 1. The van der Waals surface area contributed by atoms with E-state index in [0.29, 0.717) is 17.3 Å². The predicted octanol–water partition coefficient (Wildman–Crippen LogP) is 1.46. The largest absolute Gasteiger partial charge is 0.327 e. The van der Waals surface area contributed by atoms with Crippen molar-refractivity contribution in [1.82, 2.24) is 4.90 Å². The lowest BCUT2D eigenvalue weighted by Gasteiger charge is -2.31. The van der Waals surface area contributed by atoms with Gasteiger partial charge < -0.3 is 4.90 Å². The maximum atomic E-state index is 11.4. The smallest absolute Gasteiger partial charge is 0.223 e. The Morgan fingerprint density at radius 1 is 1.64 bits per heavy atom. The van der Waals surface area contributed by atoms with Gasteiger partial charge in [0.2, 0.25) is 5.91 Å². The van der Waals surface area contributed by atoms with Crippen LogP contribution < -0.4 is 0 Å². The van der Waals surface area contributed by atoms with Gasteiger partial charge in [-0.05, 0) is 19.8 Å². The Kier molecular flexibility index (Phi) is 1.83. The molecule has 0 aromatic heterocycles. The van der Waals surface area contributed by atoms with E-state index in [-0.39, 0.29) is 0 Å². The number of carbonyl (C=O) groups excluding carboxylic acids is 1. The lowest BCUT2D eigenvalue weighted by atomic mass is 10.1. The molecule has 3 heteroatoms. The number of hydrogen-bond acceptors (Lipinski definition) is 2. The van der Waals surface area contributed by atoms with E-state index in [4.69, 9.17) is 0 Å². The topological polar surface area (TPSA) is 20.3 Å². The molecule has 11 heavy (non-hydrogen) atoms. The highest BCUT2D eigenvalue weighted by molar-refractivity contribution is 8.00. The van der Waals surface area contributed by atoms with Crippen LogP contribution in [0, 0.1) is 0 Å². The summed E-state index contributed by atoms with van der Waals surface area (Å²) >= 11 is 1.94. The fourth-order valence-electron chi connectivity index (χ4n) is 1.88. The van der Waals surface area contributed by atoms with Gasteiger partial charge in [0.15, 0.2) is 0 Å². The summed E-state index contributed by atoms with van der Waals surface area (Å²) in [5.74, 6) is 1.51. The molecule has 2 unspecified atom stereocenters. The molecule has 2 heterocycles. The molecule has 0 aliphatic carbocycles. The Balaban J connectivity index is 2.14. The van der Waals surface area contributed by atoms with Gasteiger partial charge >= 0.3 is 0 Å². The molecule has 0 spiro atoms. The number of rotatable bonds is 0. The van der Waals surface area contributed by atoms with Gasteiger partial charge in [-0.1, -0.05) is 0 Å². The molecule has 1 amide bonds. The molecule has 0 N–H and O–H groups in total. The van der Waals surface area contributed by atoms with Crippen molar-refractivity contribution in [2.75, 3.05) is 5.75 Å². The van der Waals surface area contributed by atoms with Crippen LogP contribution in [0.5, 0.6) is 0 Å². The maximum absolute atomic E-state index is 11.4. The van der Waals surface area contributed by atoms with Gasteiger partial charge in [0, 0.05) is 18.2 Å². The summed E-state index contributed by atoms with van der Waals surface area (Å²) in [7, 11) is 0. The quantitative estimate of drug-likeness (QED) is 0.550. The van der Waals surface area contributed by atoms with Crippen LogP contribution in [-0.2, 0) is 4.79 Å². The second-order valence-electron chi connectivity index (χ2n) is 3.33. The van der Waals surface area contributed by atoms with Crippen molar-refractivity contribution in [3.8, 4) is 0 Å². The fraction of sp³-hybridized carbons (Fsp3) is 0.875. The molecule has 0 aromatic carbocycles. The van der Waals surface area contributed by atoms with Gasteiger partial charge in [0.25, 0.3) is 0 Å². The molecular weight excluding hydrogens is 158 g/mol. The van der Waals surface area contributed by atoms with Gasteiger partial charge in [-0.2, -0.15) is 0 Å². The Bertz CT molecular complexity index is 181. The van der Waals surface area contributed by atoms with Crippen molar-refractivity contribution in [3.63, 3.8) is 0 Å². The van der Waals surface area contributed by atoms with Crippen LogP contribution in [-0.4, -0.2) is 28.0 Å². The minimum Gasteiger partial charge on any atom is -0.327 e. The lowest BCUT2D eigenvalue weighted by molar-refractivity contribution is -0.135. The van der Waals surface area contributed by atoms with Crippen LogP contribution in [0.4, 0.5) is 0 Å². The van der Waals surface area contributed by atoms with Gasteiger partial charge in [-0.25, -0.2) is 0 Å². The minimum absolute atomic E-state index is 0.374. The molecule has 0 bridgehead atoms. The normalized spacial score (nSPS) is 37.5. The predicted molar refractivity (Wildman–Crippen MR) is 46.4 cm³/mol. The van der Waals surface area contributed by atoms with Crippen LogP contribution in [0.2, 0.25) is 0 Å². The van der Waals surface area contributed by atoms with Crippen molar-refractivity contribution in [2.24, 2.45) is 0 Å². The fourth-order valence-corrected chi connectivity index (χ4v) is 3.36. The third kappa shape index (κ3) is 1.15. The summed E-state index contributed by atoms with van der Waals surface area (Å²) in [6.07, 6.45) is 3.09. The van der Waals surface area contributed by atoms with Crippen molar-refractivity contribution in [2.45, 2.75) is 37.6 Å². The van der Waals surface area contributed by atoms with E-state index >= 15 is 0 Å². The Labute approximate surface area is 71.3 Å². The van der Waals surface area contributed by atoms with Gasteiger partial charge in [0.1, 0.15) is 0 Å². The first-order chi connectivity index (χ1) is 5.29. The van der Waals surface area contributed by atoms with Crippen molar-refractivity contribution >= 4 is 17.7 Å². The Morgan fingerprint density at radius 2 is 2.45 bits per heavy atom. The van der Waals surface area contributed by atoms with Crippen LogP contribution in [0.3, 0.4) is 0 Å². The minimum atomic E-state index is 0.374. The highest BCUT2D eigenvalue weighted by Gasteiger charge is 2.36. The summed E-state index contributed by atoms with van der Waals surface area (Å²) < 4.78 is 0. The van der Waals surface area contributed by atoms with Crippen LogP contribution in [0.15, 0.2) is 0 Å². The molecule has 2 saturated heterocycles. The summed E-state index contributed by atoms with van der Waals surface area (Å²) in [5, 5.41) is 0.520. The number of nitrogens with zero attached hydrogens (tertiary/aromatic N) is 1. The third-order valence-corrected chi connectivity index (χ3v) is 3.97. The SMILES string of the molecule is CC1CSC2CCCC(=O)N12. The summed E-state index contributed by atoms with van der Waals surface area (Å²) in [6, 6.07) is 0.484. The monoisotopic (exact) mass is 171 g/mol. The zero-order valence-corrected chi connectivity index (χ0v) is 7.56. The molecular formula is C8H13NOS. The second kappa shape index (κ2) is 2.70. The lowest BCUT2D eigenvalue weighted by Crippen LogP contribution is -2.42. The second-order valence-corrected chi connectivity index (χ2v) is 4.54.